The second-order valence-corrected chi connectivity index (χ2v) is 7.58. The van der Waals surface area contributed by atoms with Crippen LogP contribution >= 0.6 is 0 Å². The van der Waals surface area contributed by atoms with Gasteiger partial charge in [0.05, 0.1) is 17.9 Å². The van der Waals surface area contributed by atoms with E-state index in [2.05, 4.69) is 10.5 Å². The van der Waals surface area contributed by atoms with Crippen LogP contribution < -0.4 is 5.32 Å². The van der Waals surface area contributed by atoms with Gasteiger partial charge < -0.3 is 9.84 Å². The summed E-state index contributed by atoms with van der Waals surface area (Å²) in [6.45, 7) is 3.94. The Bertz CT molecular complexity index is 628. The molecule has 0 spiro atoms. The van der Waals surface area contributed by atoms with E-state index in [4.69, 9.17) is 4.52 Å². The Morgan fingerprint density at radius 2 is 2.18 bits per heavy atom. The van der Waals surface area contributed by atoms with E-state index >= 15 is 0 Å². The van der Waals surface area contributed by atoms with Gasteiger partial charge in [-0.1, -0.05) is 5.16 Å². The second-order valence-electron chi connectivity index (χ2n) is 5.60. The van der Waals surface area contributed by atoms with E-state index in [0.29, 0.717) is 26.2 Å². The summed E-state index contributed by atoms with van der Waals surface area (Å²) < 4.78 is 30.0. The van der Waals surface area contributed by atoms with Gasteiger partial charge in [-0.2, -0.15) is 0 Å². The van der Waals surface area contributed by atoms with Crippen molar-refractivity contribution in [3.05, 3.63) is 17.5 Å². The Morgan fingerprint density at radius 1 is 1.45 bits per heavy atom. The van der Waals surface area contributed by atoms with Crippen molar-refractivity contribution < 1.29 is 17.7 Å². The summed E-state index contributed by atoms with van der Waals surface area (Å²) in [6.07, 6.45) is 1.17. The molecule has 1 fully saturated rings. The number of hydrogen-bond donors (Lipinski definition) is 1. The van der Waals surface area contributed by atoms with Crippen molar-refractivity contribution in [2.45, 2.75) is 13.5 Å². The first-order valence-electron chi connectivity index (χ1n) is 7.11. The molecule has 8 nitrogen and oxygen atoms in total. The monoisotopic (exact) mass is 330 g/mol. The summed E-state index contributed by atoms with van der Waals surface area (Å²) in [4.78, 5) is 14.0. The molecule has 124 valence electrons. The molecule has 0 radical (unpaired) electrons. The highest BCUT2D eigenvalue weighted by atomic mass is 32.2. The molecule has 1 aliphatic heterocycles. The number of rotatable bonds is 4. The van der Waals surface area contributed by atoms with Gasteiger partial charge in [0.25, 0.3) is 0 Å². The maximum atomic E-state index is 12.0. The number of carbonyl (C=O) groups excluding carboxylic acids is 1. The second kappa shape index (κ2) is 6.76. The molecule has 1 aromatic rings. The lowest BCUT2D eigenvalue weighted by Gasteiger charge is -2.22. The minimum absolute atomic E-state index is 0.156. The predicted molar refractivity (Wildman–Crippen MR) is 80.5 cm³/mol. The smallest absolute Gasteiger partial charge is 0.225 e. The number of sulfonamides is 1. The van der Waals surface area contributed by atoms with E-state index < -0.39 is 15.9 Å². The van der Waals surface area contributed by atoms with Crippen molar-refractivity contribution in [1.29, 1.82) is 0 Å². The van der Waals surface area contributed by atoms with Gasteiger partial charge in [-0.05, 0) is 6.92 Å². The van der Waals surface area contributed by atoms with Crippen molar-refractivity contribution in [1.82, 2.24) is 19.7 Å². The molecule has 1 aromatic heterocycles. The number of nitrogens with zero attached hydrogens (tertiary/aromatic N) is 3. The van der Waals surface area contributed by atoms with E-state index in [9.17, 15) is 13.2 Å². The Balaban J connectivity index is 2.14. The van der Waals surface area contributed by atoms with Crippen LogP contribution in [0.2, 0.25) is 0 Å². The molecule has 0 aliphatic carbocycles. The maximum absolute atomic E-state index is 12.0. The van der Waals surface area contributed by atoms with Crippen molar-refractivity contribution in [2.24, 2.45) is 5.92 Å². The zero-order chi connectivity index (χ0) is 16.3. The molecular formula is C13H22N4O4S. The molecule has 1 unspecified atom stereocenters. The van der Waals surface area contributed by atoms with Gasteiger partial charge in [0.15, 0.2) is 0 Å². The number of hydrogen-bond acceptors (Lipinski definition) is 6. The minimum atomic E-state index is -3.32. The average molecular weight is 330 g/mol. The van der Waals surface area contributed by atoms with Gasteiger partial charge >= 0.3 is 0 Å². The summed E-state index contributed by atoms with van der Waals surface area (Å²) >= 11 is 0. The third kappa shape index (κ3) is 4.28. The van der Waals surface area contributed by atoms with Gasteiger partial charge in [-0.25, -0.2) is 12.7 Å². The van der Waals surface area contributed by atoms with E-state index in [0.717, 1.165) is 11.5 Å². The van der Waals surface area contributed by atoms with Crippen LogP contribution in [0, 0.1) is 12.8 Å². The van der Waals surface area contributed by atoms with Crippen LogP contribution in [0.1, 0.15) is 11.5 Å². The van der Waals surface area contributed by atoms with Crippen LogP contribution in [-0.4, -0.2) is 68.2 Å². The first-order chi connectivity index (χ1) is 10.3. The number of nitrogens with one attached hydrogen (secondary N) is 1. The molecular weight excluding hydrogens is 308 g/mol. The highest BCUT2D eigenvalue weighted by molar-refractivity contribution is 7.88. The van der Waals surface area contributed by atoms with Crippen LogP contribution in [0.4, 0.5) is 0 Å². The number of carbonyl (C=O) groups is 1. The van der Waals surface area contributed by atoms with Crippen LogP contribution in [0.3, 0.4) is 0 Å². The Kier molecular flexibility index (Phi) is 5.20. The molecule has 1 amide bonds. The number of amides is 1. The maximum Gasteiger partial charge on any atom is 0.225 e. The lowest BCUT2D eigenvalue weighted by Crippen LogP contribution is -2.41. The highest BCUT2D eigenvalue weighted by Gasteiger charge is 2.31. The van der Waals surface area contributed by atoms with Crippen molar-refractivity contribution >= 4 is 15.9 Å². The van der Waals surface area contributed by atoms with Crippen molar-refractivity contribution in [3.63, 3.8) is 0 Å². The fraction of sp³-hybridized carbons (Fsp3) is 0.692. The number of aryl methyl sites for hydroxylation is 1. The van der Waals surface area contributed by atoms with Crippen molar-refractivity contribution in [2.75, 3.05) is 39.5 Å². The molecule has 0 bridgehead atoms. The quantitative estimate of drug-likeness (QED) is 0.794. The normalized spacial score (nSPS) is 21.5. The first-order valence-corrected chi connectivity index (χ1v) is 8.95. The molecule has 2 heterocycles. The Morgan fingerprint density at radius 3 is 2.73 bits per heavy atom. The van der Waals surface area contributed by atoms with Gasteiger partial charge in [0, 0.05) is 45.8 Å². The number of aromatic nitrogens is 1. The third-order valence-electron chi connectivity index (χ3n) is 3.72. The summed E-state index contributed by atoms with van der Waals surface area (Å²) in [5.41, 5.74) is 0.779. The molecule has 9 heteroatoms. The van der Waals surface area contributed by atoms with E-state index in [1.54, 1.807) is 7.05 Å². The standard InChI is InChI=1S/C13H22N4O4S/c1-10-6-12(15-21-10)9-16-4-5-17(22(3,19)20)8-11(7-16)13(18)14-2/h6,11H,4-5,7-9H2,1-3H3,(H,14,18). The predicted octanol–water partition coefficient (Wildman–Crippen LogP) is -0.578. The fourth-order valence-electron chi connectivity index (χ4n) is 2.59. The van der Waals surface area contributed by atoms with Crippen molar-refractivity contribution in [3.8, 4) is 0 Å². The van der Waals surface area contributed by atoms with Crippen LogP contribution in [0.5, 0.6) is 0 Å². The average Bonchev–Trinajstić information content (AvgIpc) is 2.72. The van der Waals surface area contributed by atoms with Gasteiger partial charge in [0.2, 0.25) is 15.9 Å². The zero-order valence-electron chi connectivity index (χ0n) is 13.1. The summed E-state index contributed by atoms with van der Waals surface area (Å²) in [5.74, 6) is 0.164. The molecule has 0 saturated carbocycles. The van der Waals surface area contributed by atoms with E-state index in [1.165, 1.54) is 10.6 Å². The molecule has 1 N–H and O–H groups in total. The zero-order valence-corrected chi connectivity index (χ0v) is 13.9. The largest absolute Gasteiger partial charge is 0.361 e. The first kappa shape index (κ1) is 16.9. The van der Waals surface area contributed by atoms with E-state index in [1.807, 2.05) is 17.9 Å². The molecule has 22 heavy (non-hydrogen) atoms. The molecule has 1 atom stereocenters. The van der Waals surface area contributed by atoms with Crippen LogP contribution in [0.25, 0.3) is 0 Å². The fourth-order valence-corrected chi connectivity index (χ4v) is 3.45. The summed E-state index contributed by atoms with van der Waals surface area (Å²) in [7, 11) is -1.76. The summed E-state index contributed by atoms with van der Waals surface area (Å²) in [5, 5.41) is 6.55. The minimum Gasteiger partial charge on any atom is -0.361 e. The van der Waals surface area contributed by atoms with Gasteiger partial charge in [-0.15, -0.1) is 0 Å². The molecule has 1 aliphatic rings. The van der Waals surface area contributed by atoms with Gasteiger partial charge in [-0.3, -0.25) is 9.69 Å². The lowest BCUT2D eigenvalue weighted by atomic mass is 10.1. The van der Waals surface area contributed by atoms with E-state index in [-0.39, 0.29) is 12.5 Å². The van der Waals surface area contributed by atoms with Gasteiger partial charge in [0.1, 0.15) is 5.76 Å². The van der Waals surface area contributed by atoms with Crippen LogP contribution in [0.15, 0.2) is 10.6 Å². The highest BCUT2D eigenvalue weighted by Crippen LogP contribution is 2.15. The Hall–Kier alpha value is -1.45. The topological polar surface area (TPSA) is 95.8 Å². The SMILES string of the molecule is CNC(=O)C1CN(Cc2cc(C)on2)CCN(S(C)(=O)=O)C1. The molecule has 1 saturated heterocycles. The Labute approximate surface area is 130 Å². The third-order valence-corrected chi connectivity index (χ3v) is 4.99. The lowest BCUT2D eigenvalue weighted by molar-refractivity contribution is -0.125. The molecule has 0 aromatic carbocycles. The van der Waals surface area contributed by atoms with Crippen LogP contribution in [-0.2, 0) is 21.4 Å². The molecule has 2 rings (SSSR count). The summed E-state index contributed by atoms with van der Waals surface area (Å²) in [6, 6.07) is 1.84.